The van der Waals surface area contributed by atoms with E-state index in [2.05, 4.69) is 5.32 Å². The van der Waals surface area contributed by atoms with Crippen molar-refractivity contribution in [3.8, 4) is 11.5 Å². The van der Waals surface area contributed by atoms with Gasteiger partial charge in [-0.25, -0.2) is 13.6 Å². The summed E-state index contributed by atoms with van der Waals surface area (Å²) >= 11 is 0. The lowest BCUT2D eigenvalue weighted by molar-refractivity contribution is 0.372. The molecule has 6 nitrogen and oxygen atoms in total. The summed E-state index contributed by atoms with van der Waals surface area (Å²) < 4.78 is 26.6. The Balaban J connectivity index is 2.64. The van der Waals surface area contributed by atoms with Crippen LogP contribution in [0.5, 0.6) is 11.5 Å². The predicted molar refractivity (Wildman–Crippen MR) is 69.1 cm³/mol. The quantitative estimate of drug-likeness (QED) is 0.694. The number of nitrogens with one attached hydrogen (secondary N) is 1. The normalized spacial score (nSPS) is 13.3. The van der Waals surface area contributed by atoms with Gasteiger partial charge in [-0.3, -0.25) is 0 Å². The molecule has 4 N–H and O–H groups in total. The number of hydrogen-bond donors (Lipinski definition) is 3. The van der Waals surface area contributed by atoms with Crippen LogP contribution in [0.1, 0.15) is 18.5 Å². The summed E-state index contributed by atoms with van der Waals surface area (Å²) in [5, 5.41) is 17.4. The van der Waals surface area contributed by atoms with Gasteiger partial charge in [-0.2, -0.15) is 0 Å². The molecule has 0 saturated carbocycles. The van der Waals surface area contributed by atoms with Crippen molar-refractivity contribution in [2.45, 2.75) is 13.0 Å². The largest absolute Gasteiger partial charge is 0.504 e. The van der Waals surface area contributed by atoms with Crippen molar-refractivity contribution >= 4 is 10.0 Å². The van der Waals surface area contributed by atoms with E-state index >= 15 is 0 Å². The minimum absolute atomic E-state index is 0.0676. The van der Waals surface area contributed by atoms with Gasteiger partial charge in [0, 0.05) is 12.6 Å². The number of nitrogens with two attached hydrogens (primary N) is 1. The summed E-state index contributed by atoms with van der Waals surface area (Å²) in [5.74, 6) is 0.331. The molecule has 1 aromatic rings. The third kappa shape index (κ3) is 4.52. The second kappa shape index (κ2) is 6.03. The fraction of sp³-hybridized carbons (Fsp3) is 0.455. The third-order valence-corrected chi connectivity index (χ3v) is 3.31. The number of hydrogen-bond acceptors (Lipinski definition) is 5. The summed E-state index contributed by atoms with van der Waals surface area (Å²) in [6, 6.07) is 4.91. The number of phenols is 1. The van der Waals surface area contributed by atoms with E-state index in [4.69, 9.17) is 9.88 Å². The smallest absolute Gasteiger partial charge is 0.210 e. The molecule has 1 unspecified atom stereocenters. The molecule has 0 aliphatic heterocycles. The van der Waals surface area contributed by atoms with Crippen LogP contribution in [-0.4, -0.2) is 32.9 Å². The summed E-state index contributed by atoms with van der Waals surface area (Å²) in [5.41, 5.74) is 0.888. The fourth-order valence-electron chi connectivity index (χ4n) is 1.50. The molecule has 0 aromatic heterocycles. The Bertz CT molecular complexity index is 502. The molecule has 0 heterocycles. The number of rotatable bonds is 6. The molecule has 0 fully saturated rings. The standard InChI is InChI=1S/C11H18N2O4S/c1-8(13-5-6-18(12,15)16)9-3-4-10(14)11(7-9)17-2/h3-4,7-8,13-14H,5-6H2,1-2H3,(H2,12,15,16). The molecule has 0 amide bonds. The van der Waals surface area contributed by atoms with Crippen LogP contribution in [0.3, 0.4) is 0 Å². The highest BCUT2D eigenvalue weighted by atomic mass is 32.2. The molecule has 0 bridgehead atoms. The number of aromatic hydroxyl groups is 1. The van der Waals surface area contributed by atoms with Crippen LogP contribution in [0.25, 0.3) is 0 Å². The molecule has 0 aliphatic carbocycles. The Labute approximate surface area is 107 Å². The maximum atomic E-state index is 10.8. The van der Waals surface area contributed by atoms with Gasteiger partial charge in [-0.1, -0.05) is 6.07 Å². The first-order valence-corrected chi connectivity index (χ1v) is 7.16. The Hall–Kier alpha value is -1.31. The van der Waals surface area contributed by atoms with Gasteiger partial charge in [0.2, 0.25) is 10.0 Å². The Kier molecular flexibility index (Phi) is 4.94. The summed E-state index contributed by atoms with van der Waals surface area (Å²) in [4.78, 5) is 0. The minimum atomic E-state index is -3.45. The van der Waals surface area contributed by atoms with Crippen LogP contribution in [0.4, 0.5) is 0 Å². The molecule has 0 spiro atoms. The van der Waals surface area contributed by atoms with Crippen molar-refractivity contribution in [2.75, 3.05) is 19.4 Å². The molecule has 0 saturated heterocycles. The molecule has 7 heteroatoms. The Morgan fingerprint density at radius 3 is 2.72 bits per heavy atom. The second-order valence-electron chi connectivity index (χ2n) is 3.97. The average Bonchev–Trinajstić information content (AvgIpc) is 2.27. The lowest BCUT2D eigenvalue weighted by Gasteiger charge is -2.15. The molecule has 1 atom stereocenters. The van der Waals surface area contributed by atoms with Gasteiger partial charge >= 0.3 is 0 Å². The number of primary sulfonamides is 1. The van der Waals surface area contributed by atoms with E-state index in [1.54, 1.807) is 12.1 Å². The van der Waals surface area contributed by atoms with E-state index in [9.17, 15) is 13.5 Å². The van der Waals surface area contributed by atoms with Crippen molar-refractivity contribution in [1.29, 1.82) is 0 Å². The summed E-state index contributed by atoms with van der Waals surface area (Å²) in [6.45, 7) is 2.15. The zero-order valence-electron chi connectivity index (χ0n) is 10.4. The van der Waals surface area contributed by atoms with Crippen LogP contribution in [-0.2, 0) is 10.0 Å². The van der Waals surface area contributed by atoms with Gasteiger partial charge in [-0.05, 0) is 24.6 Å². The summed E-state index contributed by atoms with van der Waals surface area (Å²) in [6.07, 6.45) is 0. The van der Waals surface area contributed by atoms with E-state index in [0.29, 0.717) is 5.75 Å². The first kappa shape index (κ1) is 14.7. The highest BCUT2D eigenvalue weighted by Crippen LogP contribution is 2.28. The van der Waals surface area contributed by atoms with Crippen molar-refractivity contribution in [1.82, 2.24) is 5.32 Å². The zero-order chi connectivity index (χ0) is 13.8. The Morgan fingerprint density at radius 1 is 1.50 bits per heavy atom. The fourth-order valence-corrected chi connectivity index (χ4v) is 1.90. The predicted octanol–water partition coefficient (Wildman–Crippen LogP) is 0.340. The highest BCUT2D eigenvalue weighted by Gasteiger charge is 2.10. The molecule has 0 aliphatic rings. The van der Waals surface area contributed by atoms with Gasteiger partial charge in [0.15, 0.2) is 11.5 Å². The van der Waals surface area contributed by atoms with Gasteiger partial charge in [-0.15, -0.1) is 0 Å². The van der Waals surface area contributed by atoms with Crippen molar-refractivity contribution < 1.29 is 18.3 Å². The van der Waals surface area contributed by atoms with Crippen LogP contribution in [0, 0.1) is 0 Å². The molecule has 102 valence electrons. The van der Waals surface area contributed by atoms with Crippen molar-refractivity contribution in [2.24, 2.45) is 5.14 Å². The number of phenolic OH excluding ortho intramolecular Hbond substituents is 1. The number of methoxy groups -OCH3 is 1. The third-order valence-electron chi connectivity index (χ3n) is 2.54. The van der Waals surface area contributed by atoms with E-state index in [1.807, 2.05) is 6.92 Å². The summed E-state index contributed by atoms with van der Waals surface area (Å²) in [7, 11) is -1.98. The van der Waals surface area contributed by atoms with E-state index < -0.39 is 10.0 Å². The van der Waals surface area contributed by atoms with Crippen LogP contribution >= 0.6 is 0 Å². The second-order valence-corrected chi connectivity index (χ2v) is 5.71. The maximum Gasteiger partial charge on any atom is 0.210 e. The Morgan fingerprint density at radius 2 is 2.17 bits per heavy atom. The molecular weight excluding hydrogens is 256 g/mol. The molecule has 1 rings (SSSR count). The first-order valence-electron chi connectivity index (χ1n) is 5.44. The molecule has 1 aromatic carbocycles. The van der Waals surface area contributed by atoms with Gasteiger partial charge in [0.1, 0.15) is 0 Å². The van der Waals surface area contributed by atoms with E-state index in [0.717, 1.165) is 5.56 Å². The van der Waals surface area contributed by atoms with Gasteiger partial charge in [0.25, 0.3) is 0 Å². The van der Waals surface area contributed by atoms with Crippen molar-refractivity contribution in [3.05, 3.63) is 23.8 Å². The molecular formula is C11H18N2O4S. The molecule has 0 radical (unpaired) electrons. The maximum absolute atomic E-state index is 10.8. The minimum Gasteiger partial charge on any atom is -0.504 e. The van der Waals surface area contributed by atoms with E-state index in [1.165, 1.54) is 13.2 Å². The lowest BCUT2D eigenvalue weighted by Crippen LogP contribution is -2.28. The van der Waals surface area contributed by atoms with Crippen LogP contribution < -0.4 is 15.2 Å². The zero-order valence-corrected chi connectivity index (χ0v) is 11.2. The monoisotopic (exact) mass is 274 g/mol. The van der Waals surface area contributed by atoms with Crippen LogP contribution in [0.15, 0.2) is 18.2 Å². The van der Waals surface area contributed by atoms with Crippen molar-refractivity contribution in [3.63, 3.8) is 0 Å². The molecule has 18 heavy (non-hydrogen) atoms. The number of benzene rings is 1. The number of ether oxygens (including phenoxy) is 1. The average molecular weight is 274 g/mol. The highest BCUT2D eigenvalue weighted by molar-refractivity contribution is 7.89. The topological polar surface area (TPSA) is 102 Å². The lowest BCUT2D eigenvalue weighted by atomic mass is 10.1. The van der Waals surface area contributed by atoms with Gasteiger partial charge in [0.05, 0.1) is 12.9 Å². The number of sulfonamides is 1. The SMILES string of the molecule is COc1cc(C(C)NCCS(N)(=O)=O)ccc1O. The van der Waals surface area contributed by atoms with Gasteiger partial charge < -0.3 is 15.2 Å². The van der Waals surface area contributed by atoms with Crippen LogP contribution in [0.2, 0.25) is 0 Å². The van der Waals surface area contributed by atoms with E-state index in [-0.39, 0.29) is 24.1 Å². The first-order chi connectivity index (χ1) is 8.33.